The molecule has 26 heavy (non-hydrogen) atoms. The van der Waals surface area contributed by atoms with Crippen molar-refractivity contribution in [3.8, 4) is 0 Å². The predicted octanol–water partition coefficient (Wildman–Crippen LogP) is 5.83. The van der Waals surface area contributed by atoms with Gasteiger partial charge >= 0.3 is 18.9 Å². The quantitative estimate of drug-likeness (QED) is 0.207. The molecule has 0 atom stereocenters. The first kappa shape index (κ1) is 25.7. The number of hydrogen-bond donors (Lipinski definition) is 0. The van der Waals surface area contributed by atoms with Crippen LogP contribution in [0.4, 0.5) is 0 Å². The Kier molecular flexibility index (Phi) is 16.7. The number of hydrogen-bond acceptors (Lipinski definition) is 3. The molecule has 5 heteroatoms. The first-order valence-corrected chi connectivity index (χ1v) is 11.5. The van der Waals surface area contributed by atoms with Gasteiger partial charge in [-0.05, 0) is 18.6 Å². The van der Waals surface area contributed by atoms with Gasteiger partial charge in [-0.25, -0.2) is 0 Å². The fraction of sp³-hybridized carbons (Fsp3) is 0.714. The maximum atomic E-state index is 11.9. The third kappa shape index (κ3) is 13.0. The zero-order chi connectivity index (χ0) is 18.2. The summed E-state index contributed by atoms with van der Waals surface area (Å²) in [5, 5.41) is 0. The molecule has 0 fully saturated rings. The second-order valence-corrected chi connectivity index (χ2v) is 8.45. The molecule has 0 spiro atoms. The first-order valence-electron chi connectivity index (χ1n) is 10.1. The van der Waals surface area contributed by atoms with E-state index in [1.54, 1.807) is 30.3 Å². The van der Waals surface area contributed by atoms with Gasteiger partial charge in [-0.1, -0.05) is 102 Å². The molecule has 0 amide bonds. The molecule has 0 aliphatic carbocycles. The molecule has 3 nitrogen and oxygen atoms in total. The summed E-state index contributed by atoms with van der Waals surface area (Å²) in [6.45, 7) is 2.54. The van der Waals surface area contributed by atoms with Gasteiger partial charge in [-0.3, -0.25) is 4.18 Å². The van der Waals surface area contributed by atoms with Crippen LogP contribution in [0.3, 0.4) is 0 Å². The van der Waals surface area contributed by atoms with Crippen LogP contribution in [-0.2, 0) is 14.3 Å². The van der Waals surface area contributed by atoms with Crippen LogP contribution in [0.2, 0.25) is 0 Å². The Morgan fingerprint density at radius 3 is 1.58 bits per heavy atom. The minimum atomic E-state index is -3.58. The molecule has 0 saturated heterocycles. The van der Waals surface area contributed by atoms with E-state index in [-0.39, 0.29) is 30.4 Å². The molecule has 0 heterocycles. The predicted molar refractivity (Wildman–Crippen MR) is 112 cm³/mol. The standard InChI is InChI=1S/C21H36O3S.Li.H/c1-2-3-4-5-6-7-8-9-10-11-12-13-17-20-24-25(22,23)21-18-15-14-16-19-21;;/h14-16,18-19H,2-13,17,20H2,1H3;;. The van der Waals surface area contributed by atoms with Crippen molar-refractivity contribution in [2.24, 2.45) is 0 Å². The topological polar surface area (TPSA) is 43.4 Å². The molecule has 0 aliphatic heterocycles. The molecule has 0 radical (unpaired) electrons. The average molecular weight is 377 g/mol. The Morgan fingerprint density at radius 2 is 1.12 bits per heavy atom. The van der Waals surface area contributed by atoms with Gasteiger partial charge in [0, 0.05) is 0 Å². The van der Waals surface area contributed by atoms with Gasteiger partial charge in [0.1, 0.15) is 0 Å². The molecule has 0 unspecified atom stereocenters. The summed E-state index contributed by atoms with van der Waals surface area (Å²) in [7, 11) is -3.58. The van der Waals surface area contributed by atoms with Crippen LogP contribution < -0.4 is 0 Å². The summed E-state index contributed by atoms with van der Waals surface area (Å²) in [5.74, 6) is 0. The van der Waals surface area contributed by atoms with Gasteiger partial charge in [-0.2, -0.15) is 8.42 Å². The van der Waals surface area contributed by atoms with Crippen LogP contribution in [0, 0.1) is 0 Å². The normalized spacial score (nSPS) is 11.3. The van der Waals surface area contributed by atoms with Crippen molar-refractivity contribution in [2.45, 2.75) is 95.3 Å². The van der Waals surface area contributed by atoms with Crippen molar-refractivity contribution in [3.05, 3.63) is 30.3 Å². The van der Waals surface area contributed by atoms with E-state index in [1.807, 2.05) is 0 Å². The van der Waals surface area contributed by atoms with Crippen molar-refractivity contribution in [3.63, 3.8) is 0 Å². The zero-order valence-electron chi connectivity index (χ0n) is 15.9. The van der Waals surface area contributed by atoms with Crippen molar-refractivity contribution in [1.82, 2.24) is 0 Å². The van der Waals surface area contributed by atoms with Crippen LogP contribution in [0.15, 0.2) is 35.2 Å². The fourth-order valence-corrected chi connectivity index (χ4v) is 3.91. The Balaban J connectivity index is 0.00000625. The Bertz CT molecular complexity index is 517. The number of benzene rings is 1. The van der Waals surface area contributed by atoms with E-state index in [0.29, 0.717) is 0 Å². The van der Waals surface area contributed by atoms with Gasteiger partial charge in [0.15, 0.2) is 0 Å². The van der Waals surface area contributed by atoms with Crippen LogP contribution >= 0.6 is 0 Å². The molecule has 0 N–H and O–H groups in total. The molecule has 0 bridgehead atoms. The Morgan fingerprint density at radius 1 is 0.692 bits per heavy atom. The third-order valence-corrected chi connectivity index (χ3v) is 5.84. The van der Waals surface area contributed by atoms with Gasteiger partial charge in [-0.15, -0.1) is 0 Å². The molecule has 1 aromatic carbocycles. The third-order valence-electron chi connectivity index (χ3n) is 4.52. The second kappa shape index (κ2) is 16.9. The fourth-order valence-electron chi connectivity index (χ4n) is 2.94. The minimum absolute atomic E-state index is 0. The summed E-state index contributed by atoms with van der Waals surface area (Å²) in [4.78, 5) is 0.240. The van der Waals surface area contributed by atoms with Crippen molar-refractivity contribution >= 4 is 29.0 Å². The van der Waals surface area contributed by atoms with Gasteiger partial charge in [0.05, 0.1) is 11.5 Å². The molecule has 0 aliphatic rings. The van der Waals surface area contributed by atoms with Gasteiger partial charge < -0.3 is 0 Å². The molecule has 1 aromatic rings. The van der Waals surface area contributed by atoms with Crippen LogP contribution in [0.5, 0.6) is 0 Å². The van der Waals surface area contributed by atoms with E-state index >= 15 is 0 Å². The van der Waals surface area contributed by atoms with Crippen LogP contribution in [-0.4, -0.2) is 33.9 Å². The van der Waals surface area contributed by atoms with E-state index in [9.17, 15) is 8.42 Å². The van der Waals surface area contributed by atoms with E-state index in [4.69, 9.17) is 4.18 Å². The monoisotopic (exact) mass is 376 g/mol. The SMILES string of the molecule is CCCCCCCCCCCCCCCOS(=O)(=O)c1ccccc1.[LiH]. The molecule has 1 rings (SSSR count). The Labute approximate surface area is 173 Å². The second-order valence-electron chi connectivity index (χ2n) is 6.83. The first-order chi connectivity index (χ1) is 12.2. The summed E-state index contributed by atoms with van der Waals surface area (Å²) >= 11 is 0. The van der Waals surface area contributed by atoms with E-state index in [1.165, 1.54) is 70.6 Å². The Hall–Kier alpha value is -0.273. The maximum absolute atomic E-state index is 11.9. The van der Waals surface area contributed by atoms with Crippen molar-refractivity contribution < 1.29 is 12.6 Å². The van der Waals surface area contributed by atoms with Crippen molar-refractivity contribution in [2.75, 3.05) is 6.61 Å². The summed E-state index contributed by atoms with van der Waals surface area (Å²) in [5.41, 5.74) is 0. The molecule has 0 saturated carbocycles. The molecule has 146 valence electrons. The summed E-state index contributed by atoms with van der Waals surface area (Å²) < 4.78 is 28.9. The molecule has 0 aromatic heterocycles. The number of unbranched alkanes of at least 4 members (excludes halogenated alkanes) is 12. The van der Waals surface area contributed by atoms with E-state index in [2.05, 4.69) is 6.92 Å². The van der Waals surface area contributed by atoms with Crippen LogP contribution in [0.25, 0.3) is 0 Å². The van der Waals surface area contributed by atoms with Crippen molar-refractivity contribution in [1.29, 1.82) is 0 Å². The number of rotatable bonds is 16. The summed E-state index contributed by atoms with van der Waals surface area (Å²) in [6.07, 6.45) is 16.6. The van der Waals surface area contributed by atoms with E-state index in [0.717, 1.165) is 12.8 Å². The van der Waals surface area contributed by atoms with E-state index < -0.39 is 10.1 Å². The molecular weight excluding hydrogens is 339 g/mol. The van der Waals surface area contributed by atoms with Crippen LogP contribution in [0.1, 0.15) is 90.4 Å². The summed E-state index contributed by atoms with van der Waals surface area (Å²) in [6, 6.07) is 8.35. The average Bonchev–Trinajstić information content (AvgIpc) is 2.63. The van der Waals surface area contributed by atoms with Gasteiger partial charge in [0.25, 0.3) is 10.1 Å². The zero-order valence-corrected chi connectivity index (χ0v) is 16.7. The molecular formula is C21H37LiO3S. The van der Waals surface area contributed by atoms with Gasteiger partial charge in [0.2, 0.25) is 0 Å².